The van der Waals surface area contributed by atoms with Crippen LogP contribution >= 0.6 is 12.2 Å². The molecule has 0 bridgehead atoms. The van der Waals surface area contributed by atoms with Crippen molar-refractivity contribution in [2.75, 3.05) is 18.5 Å². The van der Waals surface area contributed by atoms with E-state index in [4.69, 9.17) is 21.7 Å². The zero-order valence-corrected chi connectivity index (χ0v) is 16.2. The van der Waals surface area contributed by atoms with Crippen molar-refractivity contribution in [2.45, 2.75) is 32.3 Å². The smallest absolute Gasteiger partial charge is 0.230 e. The molecule has 0 saturated carbocycles. The minimum absolute atomic E-state index is 0.146. The largest absolute Gasteiger partial charge is 0.491 e. The quantitative estimate of drug-likeness (QED) is 0.745. The van der Waals surface area contributed by atoms with Crippen LogP contribution in [-0.2, 0) is 16.0 Å². The Morgan fingerprint density at radius 1 is 1.26 bits per heavy atom. The van der Waals surface area contributed by atoms with Crippen molar-refractivity contribution in [3.05, 3.63) is 59.7 Å². The van der Waals surface area contributed by atoms with Crippen LogP contribution in [0.5, 0.6) is 5.75 Å². The number of carbonyl (C=O) groups excluding carboxylic acids is 1. The van der Waals surface area contributed by atoms with Crippen LogP contribution in [0.4, 0.5) is 5.69 Å². The molecule has 142 valence electrons. The predicted molar refractivity (Wildman–Crippen MR) is 110 cm³/mol. The fourth-order valence-electron chi connectivity index (χ4n) is 2.94. The van der Waals surface area contributed by atoms with Gasteiger partial charge in [0.2, 0.25) is 5.91 Å². The second kappa shape index (κ2) is 9.48. The topological polar surface area (TPSA) is 59.6 Å². The number of hydrogen-bond donors (Lipinski definition) is 2. The number of hydrogen-bond acceptors (Lipinski definition) is 4. The lowest BCUT2D eigenvalue weighted by Gasteiger charge is -2.14. The fraction of sp³-hybridized carbons (Fsp3) is 0.333. The zero-order valence-electron chi connectivity index (χ0n) is 15.4. The highest BCUT2D eigenvalue weighted by atomic mass is 32.1. The molecule has 1 amide bonds. The van der Waals surface area contributed by atoms with Crippen molar-refractivity contribution >= 4 is 28.9 Å². The van der Waals surface area contributed by atoms with Gasteiger partial charge in [-0.15, -0.1) is 0 Å². The van der Waals surface area contributed by atoms with E-state index in [0.29, 0.717) is 13.0 Å². The molecular formula is C21H24N2O3S. The number of anilines is 1. The minimum atomic E-state index is -0.146. The van der Waals surface area contributed by atoms with E-state index in [9.17, 15) is 4.79 Å². The van der Waals surface area contributed by atoms with E-state index in [1.807, 2.05) is 55.5 Å². The van der Waals surface area contributed by atoms with E-state index in [0.717, 1.165) is 42.0 Å². The Kier molecular flexibility index (Phi) is 6.79. The van der Waals surface area contributed by atoms with Gasteiger partial charge in [-0.1, -0.05) is 30.3 Å². The highest BCUT2D eigenvalue weighted by Crippen LogP contribution is 2.19. The van der Waals surface area contributed by atoms with Crippen molar-refractivity contribution in [1.29, 1.82) is 0 Å². The van der Waals surface area contributed by atoms with Crippen molar-refractivity contribution in [2.24, 2.45) is 0 Å². The number of carbonyl (C=O) groups is 1. The molecular weight excluding hydrogens is 360 g/mol. The summed E-state index contributed by atoms with van der Waals surface area (Å²) in [6.07, 6.45) is 2.59. The average Bonchev–Trinajstić information content (AvgIpc) is 3.16. The molecule has 1 unspecified atom stereocenters. The predicted octanol–water partition coefficient (Wildman–Crippen LogP) is 3.61. The molecule has 1 fully saturated rings. The summed E-state index contributed by atoms with van der Waals surface area (Å²) in [5.74, 6) is 0.595. The highest BCUT2D eigenvalue weighted by Gasteiger charge is 2.16. The molecule has 5 nitrogen and oxygen atoms in total. The molecule has 2 aromatic rings. The van der Waals surface area contributed by atoms with Crippen LogP contribution in [0.2, 0.25) is 0 Å². The van der Waals surface area contributed by atoms with Crippen LogP contribution in [-0.4, -0.2) is 30.3 Å². The maximum Gasteiger partial charge on any atom is 0.230 e. The lowest BCUT2D eigenvalue weighted by atomic mass is 10.1. The molecule has 2 aromatic carbocycles. The van der Waals surface area contributed by atoms with Gasteiger partial charge in [-0.2, -0.15) is 0 Å². The lowest BCUT2D eigenvalue weighted by Crippen LogP contribution is -2.35. The van der Waals surface area contributed by atoms with Gasteiger partial charge in [0.05, 0.1) is 12.5 Å². The molecule has 6 heteroatoms. The summed E-state index contributed by atoms with van der Waals surface area (Å²) in [6.45, 7) is 3.34. The number of thiocarbonyl (C=S) groups is 1. The Balaban J connectivity index is 1.49. The number of benzene rings is 2. The highest BCUT2D eigenvalue weighted by molar-refractivity contribution is 7.80. The van der Waals surface area contributed by atoms with E-state index in [1.165, 1.54) is 0 Å². The molecule has 0 radical (unpaired) electrons. The monoisotopic (exact) mass is 384 g/mol. The summed E-state index contributed by atoms with van der Waals surface area (Å²) < 4.78 is 11.4. The second-order valence-electron chi connectivity index (χ2n) is 6.58. The molecule has 0 spiro atoms. The molecule has 1 atom stereocenters. The molecule has 1 aliphatic heterocycles. The number of aryl methyl sites for hydroxylation is 1. The molecule has 2 N–H and O–H groups in total. The Hall–Kier alpha value is -2.44. The van der Waals surface area contributed by atoms with Gasteiger partial charge in [0.25, 0.3) is 0 Å². The van der Waals surface area contributed by atoms with Crippen molar-refractivity contribution in [3.8, 4) is 5.75 Å². The van der Waals surface area contributed by atoms with Gasteiger partial charge in [0.15, 0.2) is 5.11 Å². The summed E-state index contributed by atoms with van der Waals surface area (Å²) in [4.78, 5) is 12.2. The fourth-order valence-corrected chi connectivity index (χ4v) is 3.17. The Bertz CT molecular complexity index is 804. The maximum absolute atomic E-state index is 12.2. The molecule has 0 aromatic heterocycles. The van der Waals surface area contributed by atoms with E-state index in [-0.39, 0.29) is 17.1 Å². The minimum Gasteiger partial charge on any atom is -0.491 e. The molecule has 0 aliphatic carbocycles. The van der Waals surface area contributed by atoms with E-state index in [1.54, 1.807) is 0 Å². The van der Waals surface area contributed by atoms with Crippen LogP contribution in [0, 0.1) is 6.92 Å². The first-order valence-corrected chi connectivity index (χ1v) is 9.51. The van der Waals surface area contributed by atoms with Crippen molar-refractivity contribution < 1.29 is 14.3 Å². The third-order valence-electron chi connectivity index (χ3n) is 4.42. The maximum atomic E-state index is 12.2. The SMILES string of the molecule is Cc1ccccc1CC(=O)NC(=S)Nc1cccc(OCC2CCCO2)c1. The number of ether oxygens (including phenoxy) is 2. The van der Waals surface area contributed by atoms with Crippen molar-refractivity contribution in [1.82, 2.24) is 5.32 Å². The number of nitrogens with one attached hydrogen (secondary N) is 2. The van der Waals surface area contributed by atoms with Gasteiger partial charge in [-0.05, 0) is 55.2 Å². The van der Waals surface area contributed by atoms with E-state index in [2.05, 4.69) is 10.6 Å². The standard InChI is InChI=1S/C21H24N2O3S/c1-15-6-2-3-7-16(15)12-20(24)23-21(27)22-17-8-4-9-18(13-17)26-14-19-10-5-11-25-19/h2-4,6-9,13,19H,5,10-12,14H2,1H3,(H2,22,23,24,27). The van der Waals surface area contributed by atoms with Gasteiger partial charge >= 0.3 is 0 Å². The summed E-state index contributed by atoms with van der Waals surface area (Å²) in [6, 6.07) is 15.3. The molecule has 1 saturated heterocycles. The van der Waals surface area contributed by atoms with Gasteiger partial charge in [-0.3, -0.25) is 4.79 Å². The van der Waals surface area contributed by atoms with Crippen LogP contribution in [0.1, 0.15) is 24.0 Å². The first kappa shape index (κ1) is 19.3. The molecule has 1 heterocycles. The normalized spacial score (nSPS) is 16.0. The summed E-state index contributed by atoms with van der Waals surface area (Å²) in [5.41, 5.74) is 2.84. The van der Waals surface area contributed by atoms with Gasteiger partial charge in [0, 0.05) is 18.4 Å². The number of amides is 1. The first-order chi connectivity index (χ1) is 13.1. The zero-order chi connectivity index (χ0) is 19.1. The molecule has 3 rings (SSSR count). The van der Waals surface area contributed by atoms with Gasteiger partial charge in [0.1, 0.15) is 12.4 Å². The van der Waals surface area contributed by atoms with Crippen LogP contribution < -0.4 is 15.4 Å². The van der Waals surface area contributed by atoms with Crippen LogP contribution in [0.25, 0.3) is 0 Å². The Morgan fingerprint density at radius 3 is 2.89 bits per heavy atom. The second-order valence-corrected chi connectivity index (χ2v) is 6.99. The Morgan fingerprint density at radius 2 is 2.11 bits per heavy atom. The average molecular weight is 385 g/mol. The third kappa shape index (κ3) is 6.05. The van der Waals surface area contributed by atoms with Gasteiger partial charge < -0.3 is 20.1 Å². The summed E-state index contributed by atoms with van der Waals surface area (Å²) in [5, 5.41) is 6.02. The van der Waals surface area contributed by atoms with Crippen molar-refractivity contribution in [3.63, 3.8) is 0 Å². The van der Waals surface area contributed by atoms with Crippen LogP contribution in [0.3, 0.4) is 0 Å². The first-order valence-electron chi connectivity index (χ1n) is 9.10. The summed E-state index contributed by atoms with van der Waals surface area (Å²) >= 11 is 5.25. The number of rotatable bonds is 6. The van der Waals surface area contributed by atoms with Gasteiger partial charge in [-0.25, -0.2) is 0 Å². The van der Waals surface area contributed by atoms with E-state index >= 15 is 0 Å². The molecule has 1 aliphatic rings. The lowest BCUT2D eigenvalue weighted by molar-refractivity contribution is -0.119. The summed E-state index contributed by atoms with van der Waals surface area (Å²) in [7, 11) is 0. The molecule has 27 heavy (non-hydrogen) atoms. The van der Waals surface area contributed by atoms with Crippen LogP contribution in [0.15, 0.2) is 48.5 Å². The Labute approximate surface area is 165 Å². The third-order valence-corrected chi connectivity index (χ3v) is 4.62. The van der Waals surface area contributed by atoms with E-state index < -0.39 is 0 Å².